The van der Waals surface area contributed by atoms with Gasteiger partial charge >= 0.3 is 5.63 Å². The number of halogens is 1. The van der Waals surface area contributed by atoms with Crippen LogP contribution >= 0.6 is 15.9 Å². The van der Waals surface area contributed by atoms with Gasteiger partial charge in [0.15, 0.2) is 5.82 Å². The second kappa shape index (κ2) is 5.86. The lowest BCUT2D eigenvalue weighted by molar-refractivity contribution is 0.102. The largest absolute Gasteiger partial charge is 0.422 e. The summed E-state index contributed by atoms with van der Waals surface area (Å²) in [6.45, 7) is 1.73. The molecule has 0 spiro atoms. The highest BCUT2D eigenvalue weighted by Crippen LogP contribution is 2.21. The molecule has 0 radical (unpaired) electrons. The molecule has 0 aliphatic rings. The second-order valence-corrected chi connectivity index (χ2v) is 6.36. The maximum absolute atomic E-state index is 12.6. The van der Waals surface area contributed by atoms with E-state index in [4.69, 9.17) is 4.42 Å². The Morgan fingerprint density at radius 2 is 2.00 bits per heavy atom. The standard InChI is InChI=1S/C18H12BrN3O3/c1-10-11-5-2-3-6-12(11)25-18(24)16(10)17(23)21-14-9-22-13(19)7-4-8-15(22)20-14/h2-9H,1H3,(H,21,23). The Morgan fingerprint density at radius 3 is 2.80 bits per heavy atom. The van der Waals surface area contributed by atoms with Crippen molar-refractivity contribution in [2.75, 3.05) is 5.32 Å². The van der Waals surface area contributed by atoms with Gasteiger partial charge in [0.1, 0.15) is 16.8 Å². The van der Waals surface area contributed by atoms with Crippen molar-refractivity contribution in [1.82, 2.24) is 9.38 Å². The Hall–Kier alpha value is -2.93. The molecule has 7 heteroatoms. The van der Waals surface area contributed by atoms with E-state index in [2.05, 4.69) is 26.2 Å². The average molecular weight is 398 g/mol. The van der Waals surface area contributed by atoms with Crippen molar-refractivity contribution in [3.63, 3.8) is 0 Å². The Kier molecular flexibility index (Phi) is 3.65. The van der Waals surface area contributed by atoms with Gasteiger partial charge in [0.25, 0.3) is 5.91 Å². The van der Waals surface area contributed by atoms with Crippen molar-refractivity contribution in [2.45, 2.75) is 6.92 Å². The summed E-state index contributed by atoms with van der Waals surface area (Å²) in [5.41, 5.74) is 1.02. The molecule has 0 unspecified atom stereocenters. The number of rotatable bonds is 2. The first-order valence-corrected chi connectivity index (χ1v) is 8.31. The highest BCUT2D eigenvalue weighted by Gasteiger charge is 2.19. The van der Waals surface area contributed by atoms with Crippen LogP contribution in [0.3, 0.4) is 0 Å². The fraction of sp³-hybridized carbons (Fsp3) is 0.0556. The molecule has 0 saturated heterocycles. The number of carbonyl (C=O) groups excluding carboxylic acids is 1. The molecule has 0 aliphatic carbocycles. The van der Waals surface area contributed by atoms with Crippen LogP contribution in [0.5, 0.6) is 0 Å². The van der Waals surface area contributed by atoms with Gasteiger partial charge in [-0.2, -0.15) is 0 Å². The normalized spacial score (nSPS) is 11.1. The summed E-state index contributed by atoms with van der Waals surface area (Å²) in [5.74, 6) is -0.194. The predicted molar refractivity (Wildman–Crippen MR) is 98.1 cm³/mol. The van der Waals surface area contributed by atoms with Crippen LogP contribution in [0.25, 0.3) is 16.6 Å². The fourth-order valence-electron chi connectivity index (χ4n) is 2.78. The first-order valence-electron chi connectivity index (χ1n) is 7.52. The number of para-hydroxylation sites is 1. The molecule has 25 heavy (non-hydrogen) atoms. The van der Waals surface area contributed by atoms with E-state index in [-0.39, 0.29) is 5.56 Å². The van der Waals surface area contributed by atoms with E-state index in [0.717, 1.165) is 9.99 Å². The molecule has 0 fully saturated rings. The Balaban J connectivity index is 1.77. The van der Waals surface area contributed by atoms with Crippen molar-refractivity contribution in [1.29, 1.82) is 0 Å². The number of aromatic nitrogens is 2. The molecule has 0 aliphatic heterocycles. The van der Waals surface area contributed by atoms with Crippen LogP contribution in [-0.2, 0) is 0 Å². The highest BCUT2D eigenvalue weighted by atomic mass is 79.9. The summed E-state index contributed by atoms with van der Waals surface area (Å²) in [6.07, 6.45) is 1.68. The quantitative estimate of drug-likeness (QED) is 0.412. The second-order valence-electron chi connectivity index (χ2n) is 5.54. The zero-order valence-electron chi connectivity index (χ0n) is 13.1. The molecule has 0 atom stereocenters. The predicted octanol–water partition coefficient (Wildman–Crippen LogP) is 3.76. The van der Waals surface area contributed by atoms with Gasteiger partial charge in [-0.05, 0) is 46.6 Å². The number of nitrogens with zero attached hydrogens (tertiary/aromatic N) is 2. The van der Waals surface area contributed by atoms with Crippen molar-refractivity contribution in [3.05, 3.63) is 74.8 Å². The zero-order valence-corrected chi connectivity index (χ0v) is 14.7. The molecule has 6 nitrogen and oxygen atoms in total. The lowest BCUT2D eigenvalue weighted by Gasteiger charge is -2.07. The van der Waals surface area contributed by atoms with Gasteiger partial charge < -0.3 is 9.73 Å². The summed E-state index contributed by atoms with van der Waals surface area (Å²) in [4.78, 5) is 29.2. The SMILES string of the molecule is Cc1c(C(=O)Nc2cn3c(Br)cccc3n2)c(=O)oc2ccccc12. The van der Waals surface area contributed by atoms with E-state index in [1.165, 1.54) is 0 Å². The van der Waals surface area contributed by atoms with Crippen LogP contribution in [0.1, 0.15) is 15.9 Å². The van der Waals surface area contributed by atoms with Crippen LogP contribution in [0.2, 0.25) is 0 Å². The number of benzene rings is 1. The van der Waals surface area contributed by atoms with Gasteiger partial charge in [0, 0.05) is 5.39 Å². The van der Waals surface area contributed by atoms with Gasteiger partial charge in [-0.15, -0.1) is 0 Å². The number of carbonyl (C=O) groups is 1. The maximum Gasteiger partial charge on any atom is 0.349 e. The Labute approximate surface area is 150 Å². The summed E-state index contributed by atoms with van der Waals surface area (Å²) >= 11 is 3.42. The molecule has 0 bridgehead atoms. The number of hydrogen-bond acceptors (Lipinski definition) is 4. The smallest absolute Gasteiger partial charge is 0.349 e. The number of fused-ring (bicyclic) bond motifs is 2. The van der Waals surface area contributed by atoms with Crippen molar-refractivity contribution in [3.8, 4) is 0 Å². The van der Waals surface area contributed by atoms with Gasteiger partial charge in [-0.3, -0.25) is 9.20 Å². The minimum absolute atomic E-state index is 0.0187. The molecule has 0 saturated carbocycles. The Bertz CT molecular complexity index is 1190. The lowest BCUT2D eigenvalue weighted by atomic mass is 10.1. The molecule has 124 valence electrons. The van der Waals surface area contributed by atoms with Gasteiger partial charge in [-0.1, -0.05) is 24.3 Å². The molecule has 4 aromatic rings. The molecule has 1 amide bonds. The topological polar surface area (TPSA) is 76.6 Å². The zero-order chi connectivity index (χ0) is 17.6. The number of amides is 1. The summed E-state index contributed by atoms with van der Waals surface area (Å²) in [7, 11) is 0. The number of nitrogens with one attached hydrogen (secondary N) is 1. The van der Waals surface area contributed by atoms with Crippen LogP contribution < -0.4 is 10.9 Å². The number of pyridine rings is 1. The molecule has 1 aromatic carbocycles. The van der Waals surface area contributed by atoms with E-state index < -0.39 is 11.5 Å². The number of imidazole rings is 1. The summed E-state index contributed by atoms with van der Waals surface area (Å²) < 4.78 is 7.85. The van der Waals surface area contributed by atoms with E-state index in [9.17, 15) is 9.59 Å². The van der Waals surface area contributed by atoms with Crippen molar-refractivity contribution < 1.29 is 9.21 Å². The maximum atomic E-state index is 12.6. The number of hydrogen-bond donors (Lipinski definition) is 1. The number of aryl methyl sites for hydroxylation is 1. The molecular weight excluding hydrogens is 386 g/mol. The van der Waals surface area contributed by atoms with E-state index >= 15 is 0 Å². The summed E-state index contributed by atoms with van der Waals surface area (Å²) in [6, 6.07) is 12.6. The molecule has 4 rings (SSSR count). The van der Waals surface area contributed by atoms with Gasteiger partial charge in [0.2, 0.25) is 0 Å². The minimum atomic E-state index is -0.668. The van der Waals surface area contributed by atoms with Crippen LogP contribution in [0.4, 0.5) is 5.82 Å². The van der Waals surface area contributed by atoms with Crippen molar-refractivity contribution in [2.24, 2.45) is 0 Å². The molecule has 3 heterocycles. The molecule has 3 aromatic heterocycles. The fourth-order valence-corrected chi connectivity index (χ4v) is 3.22. The molecular formula is C18H12BrN3O3. The van der Waals surface area contributed by atoms with Crippen LogP contribution in [-0.4, -0.2) is 15.3 Å². The third-order valence-electron chi connectivity index (χ3n) is 3.98. The first-order chi connectivity index (χ1) is 12.0. The summed E-state index contributed by atoms with van der Waals surface area (Å²) in [5, 5.41) is 3.40. The van der Waals surface area contributed by atoms with E-state index in [0.29, 0.717) is 22.6 Å². The Morgan fingerprint density at radius 1 is 1.20 bits per heavy atom. The third kappa shape index (κ3) is 2.62. The van der Waals surface area contributed by atoms with Crippen LogP contribution in [0, 0.1) is 6.92 Å². The van der Waals surface area contributed by atoms with E-state index in [1.54, 1.807) is 29.7 Å². The van der Waals surface area contributed by atoms with Gasteiger partial charge in [0.05, 0.1) is 10.8 Å². The van der Waals surface area contributed by atoms with Crippen molar-refractivity contribution >= 4 is 44.3 Å². The minimum Gasteiger partial charge on any atom is -0.422 e. The van der Waals surface area contributed by atoms with Gasteiger partial charge in [-0.25, -0.2) is 9.78 Å². The number of anilines is 1. The monoisotopic (exact) mass is 397 g/mol. The first kappa shape index (κ1) is 15.6. The third-order valence-corrected chi connectivity index (χ3v) is 4.63. The lowest BCUT2D eigenvalue weighted by Crippen LogP contribution is -2.22. The highest BCUT2D eigenvalue weighted by molar-refractivity contribution is 9.10. The molecule has 1 N–H and O–H groups in total. The average Bonchev–Trinajstić information content (AvgIpc) is 2.98. The van der Waals surface area contributed by atoms with E-state index in [1.807, 2.05) is 30.3 Å². The van der Waals surface area contributed by atoms with Crippen LogP contribution in [0.15, 0.2) is 62.5 Å².